The topological polar surface area (TPSA) is 60.9 Å². The molecular weight excluding hydrogens is 280 g/mol. The highest BCUT2D eigenvalue weighted by atomic mass is 16.4. The van der Waals surface area contributed by atoms with Gasteiger partial charge in [-0.15, -0.1) is 0 Å². The minimum atomic E-state index is -0.767. The molecule has 22 heavy (non-hydrogen) atoms. The molecule has 0 aromatic heterocycles. The maximum Gasteiger partial charge on any atom is 0.307 e. The molecular formula is C17H24N2O3. The van der Waals surface area contributed by atoms with Crippen LogP contribution in [0, 0.1) is 12.8 Å². The monoisotopic (exact) mass is 304 g/mol. The molecule has 0 bridgehead atoms. The van der Waals surface area contributed by atoms with Crippen LogP contribution in [-0.4, -0.2) is 59.5 Å². The Morgan fingerprint density at radius 2 is 1.82 bits per heavy atom. The molecule has 1 N–H and O–H groups in total. The third-order valence-corrected chi connectivity index (χ3v) is 4.13. The Bertz CT molecular complexity index is 527. The van der Waals surface area contributed by atoms with E-state index in [1.165, 1.54) is 0 Å². The van der Waals surface area contributed by atoms with Gasteiger partial charge in [-0.3, -0.25) is 9.59 Å². The van der Waals surface area contributed by atoms with E-state index in [1.807, 2.05) is 36.1 Å². The molecule has 1 fully saturated rings. The quantitative estimate of drug-likeness (QED) is 0.922. The van der Waals surface area contributed by atoms with Gasteiger partial charge >= 0.3 is 5.97 Å². The lowest BCUT2D eigenvalue weighted by Gasteiger charge is -2.23. The third kappa shape index (κ3) is 4.31. The van der Waals surface area contributed by atoms with Crippen LogP contribution in [0.4, 0.5) is 0 Å². The van der Waals surface area contributed by atoms with Gasteiger partial charge < -0.3 is 14.9 Å². The highest BCUT2D eigenvalue weighted by Gasteiger charge is 2.22. The molecule has 1 saturated heterocycles. The molecule has 0 spiro atoms. The largest absolute Gasteiger partial charge is 0.481 e. The van der Waals surface area contributed by atoms with E-state index in [0.29, 0.717) is 13.1 Å². The lowest BCUT2D eigenvalue weighted by molar-refractivity contribution is -0.141. The van der Waals surface area contributed by atoms with Crippen molar-refractivity contribution in [1.82, 2.24) is 9.80 Å². The second-order valence-electron chi connectivity index (χ2n) is 6.05. The van der Waals surface area contributed by atoms with Crippen LogP contribution in [-0.2, 0) is 4.79 Å². The summed E-state index contributed by atoms with van der Waals surface area (Å²) in [5.41, 5.74) is 1.86. The van der Waals surface area contributed by atoms with Gasteiger partial charge in [0.2, 0.25) is 0 Å². The summed E-state index contributed by atoms with van der Waals surface area (Å²) in [7, 11) is 0. The van der Waals surface area contributed by atoms with Crippen molar-refractivity contribution >= 4 is 11.9 Å². The number of carboxylic acid groups (broad SMARTS) is 1. The lowest BCUT2D eigenvalue weighted by Crippen LogP contribution is -2.37. The van der Waals surface area contributed by atoms with E-state index >= 15 is 0 Å². The number of carboxylic acids is 1. The van der Waals surface area contributed by atoms with Crippen LogP contribution >= 0.6 is 0 Å². The predicted molar refractivity (Wildman–Crippen MR) is 84.9 cm³/mol. The molecule has 1 heterocycles. The second-order valence-corrected chi connectivity index (χ2v) is 6.05. The number of hydrogen-bond donors (Lipinski definition) is 1. The zero-order chi connectivity index (χ0) is 16.1. The number of aryl methyl sites for hydroxylation is 1. The van der Waals surface area contributed by atoms with E-state index in [2.05, 4.69) is 4.90 Å². The molecule has 5 heteroatoms. The molecule has 5 nitrogen and oxygen atoms in total. The number of hydrogen-bond acceptors (Lipinski definition) is 3. The van der Waals surface area contributed by atoms with Crippen molar-refractivity contribution in [3.63, 3.8) is 0 Å². The fraction of sp³-hybridized carbons (Fsp3) is 0.529. The van der Waals surface area contributed by atoms with Gasteiger partial charge in [-0.25, -0.2) is 0 Å². The first-order valence-corrected chi connectivity index (χ1v) is 7.78. The van der Waals surface area contributed by atoms with E-state index < -0.39 is 5.97 Å². The van der Waals surface area contributed by atoms with Gasteiger partial charge in [-0.2, -0.15) is 0 Å². The number of rotatable bonds is 4. The summed E-state index contributed by atoms with van der Waals surface area (Å²) in [6.07, 6.45) is 0.879. The molecule has 0 aliphatic carbocycles. The number of carbonyl (C=O) groups excluding carboxylic acids is 1. The van der Waals surface area contributed by atoms with Gasteiger partial charge in [0.15, 0.2) is 0 Å². The van der Waals surface area contributed by atoms with Crippen LogP contribution in [0.5, 0.6) is 0 Å². The summed E-state index contributed by atoms with van der Waals surface area (Å²) < 4.78 is 0. The molecule has 1 aromatic rings. The van der Waals surface area contributed by atoms with Crippen LogP contribution in [0.1, 0.15) is 29.3 Å². The van der Waals surface area contributed by atoms with Gasteiger partial charge in [0.1, 0.15) is 0 Å². The highest BCUT2D eigenvalue weighted by molar-refractivity contribution is 5.94. The van der Waals surface area contributed by atoms with Gasteiger partial charge in [-0.05, 0) is 32.0 Å². The number of benzene rings is 1. The van der Waals surface area contributed by atoms with Crippen LogP contribution in [0.15, 0.2) is 24.3 Å². The normalized spacial score (nSPS) is 17.8. The predicted octanol–water partition coefficient (Wildman–Crippen LogP) is 1.86. The number of carbonyl (C=O) groups is 2. The molecule has 1 aliphatic rings. The second kappa shape index (κ2) is 7.40. The zero-order valence-electron chi connectivity index (χ0n) is 13.3. The van der Waals surface area contributed by atoms with Crippen LogP contribution in [0.2, 0.25) is 0 Å². The number of nitrogens with zero attached hydrogens (tertiary/aromatic N) is 2. The first-order valence-electron chi connectivity index (χ1n) is 7.78. The highest BCUT2D eigenvalue weighted by Crippen LogP contribution is 2.11. The summed E-state index contributed by atoms with van der Waals surface area (Å²) in [6, 6.07) is 7.64. The van der Waals surface area contributed by atoms with Gasteiger partial charge in [0, 0.05) is 31.7 Å². The van der Waals surface area contributed by atoms with Crippen molar-refractivity contribution in [2.24, 2.45) is 5.92 Å². The molecule has 1 aliphatic heterocycles. The van der Waals surface area contributed by atoms with Gasteiger partial charge in [0.05, 0.1) is 5.92 Å². The minimum Gasteiger partial charge on any atom is -0.481 e. The SMILES string of the molecule is Cc1ccc(C(=O)N2CCCN(CC(C)C(=O)O)CC2)cc1. The van der Waals surface area contributed by atoms with Crippen molar-refractivity contribution < 1.29 is 14.7 Å². The summed E-state index contributed by atoms with van der Waals surface area (Å²) in [6.45, 7) is 7.22. The summed E-state index contributed by atoms with van der Waals surface area (Å²) in [5, 5.41) is 9.00. The van der Waals surface area contributed by atoms with Crippen LogP contribution in [0.3, 0.4) is 0 Å². The van der Waals surface area contributed by atoms with Gasteiger partial charge in [0.25, 0.3) is 5.91 Å². The maximum absolute atomic E-state index is 12.5. The molecule has 120 valence electrons. The molecule has 1 atom stereocenters. The van der Waals surface area contributed by atoms with Gasteiger partial charge in [-0.1, -0.05) is 24.6 Å². The summed E-state index contributed by atoms with van der Waals surface area (Å²) >= 11 is 0. The third-order valence-electron chi connectivity index (χ3n) is 4.13. The Balaban J connectivity index is 1.93. The molecule has 2 rings (SSSR count). The first-order chi connectivity index (χ1) is 10.5. The molecule has 1 unspecified atom stereocenters. The fourth-order valence-corrected chi connectivity index (χ4v) is 2.70. The smallest absolute Gasteiger partial charge is 0.307 e. The Kier molecular flexibility index (Phi) is 5.55. The van der Waals surface area contributed by atoms with E-state index in [1.54, 1.807) is 6.92 Å². The Morgan fingerprint density at radius 1 is 1.14 bits per heavy atom. The maximum atomic E-state index is 12.5. The van der Waals surface area contributed by atoms with E-state index in [9.17, 15) is 9.59 Å². The van der Waals surface area contributed by atoms with Crippen molar-refractivity contribution in [3.05, 3.63) is 35.4 Å². The molecule has 0 radical (unpaired) electrons. The number of amides is 1. The number of aliphatic carboxylic acids is 1. The molecule has 0 saturated carbocycles. The molecule has 1 amide bonds. The van der Waals surface area contributed by atoms with Crippen molar-refractivity contribution in [1.29, 1.82) is 0 Å². The average Bonchev–Trinajstić information content (AvgIpc) is 2.73. The van der Waals surface area contributed by atoms with Crippen molar-refractivity contribution in [2.75, 3.05) is 32.7 Å². The average molecular weight is 304 g/mol. The van der Waals surface area contributed by atoms with E-state index in [-0.39, 0.29) is 11.8 Å². The standard InChI is InChI=1S/C17H24N2O3/c1-13-4-6-15(7-5-13)16(20)19-9-3-8-18(10-11-19)12-14(2)17(21)22/h4-7,14H,3,8-12H2,1-2H3,(H,21,22). The fourth-order valence-electron chi connectivity index (χ4n) is 2.70. The van der Waals surface area contributed by atoms with Crippen LogP contribution < -0.4 is 0 Å². The first kappa shape index (κ1) is 16.5. The van der Waals surface area contributed by atoms with Crippen LogP contribution in [0.25, 0.3) is 0 Å². The summed E-state index contributed by atoms with van der Waals surface area (Å²) in [5.74, 6) is -1.08. The minimum absolute atomic E-state index is 0.0631. The zero-order valence-corrected chi connectivity index (χ0v) is 13.3. The molecule has 1 aromatic carbocycles. The lowest BCUT2D eigenvalue weighted by atomic mass is 10.1. The Labute approximate surface area is 131 Å². The Morgan fingerprint density at radius 3 is 2.45 bits per heavy atom. The van der Waals surface area contributed by atoms with Crippen molar-refractivity contribution in [3.8, 4) is 0 Å². The van der Waals surface area contributed by atoms with Crippen molar-refractivity contribution in [2.45, 2.75) is 20.3 Å². The Hall–Kier alpha value is -1.88. The summed E-state index contributed by atoms with van der Waals surface area (Å²) in [4.78, 5) is 27.5. The van der Waals surface area contributed by atoms with E-state index in [4.69, 9.17) is 5.11 Å². The van der Waals surface area contributed by atoms with E-state index in [0.717, 1.165) is 37.2 Å².